The van der Waals surface area contributed by atoms with Gasteiger partial charge in [0.1, 0.15) is 5.82 Å². The van der Waals surface area contributed by atoms with Gasteiger partial charge in [-0.3, -0.25) is 19.0 Å². The first kappa shape index (κ1) is 21.3. The van der Waals surface area contributed by atoms with E-state index in [1.165, 1.54) is 42.5 Å². The summed E-state index contributed by atoms with van der Waals surface area (Å²) in [5.74, 6) is -0.905. The van der Waals surface area contributed by atoms with Gasteiger partial charge in [-0.2, -0.15) is 0 Å². The summed E-state index contributed by atoms with van der Waals surface area (Å²) >= 11 is 1.28. The van der Waals surface area contributed by atoms with Crippen LogP contribution >= 0.6 is 11.3 Å². The third-order valence-corrected chi connectivity index (χ3v) is 6.55. The summed E-state index contributed by atoms with van der Waals surface area (Å²) in [5.41, 5.74) is -0.144. The number of halogens is 1. The molecule has 7 nitrogen and oxygen atoms in total. The van der Waals surface area contributed by atoms with Gasteiger partial charge in [0.25, 0.3) is 5.56 Å². The van der Waals surface area contributed by atoms with Gasteiger partial charge in [-0.1, -0.05) is 0 Å². The number of likely N-dealkylation sites (tertiary alicyclic amines) is 1. The van der Waals surface area contributed by atoms with Crippen LogP contribution in [0.2, 0.25) is 0 Å². The van der Waals surface area contributed by atoms with E-state index in [2.05, 4.69) is 4.90 Å². The number of fused-ring (bicyclic) bond motifs is 1. The molecule has 3 aromatic rings. The van der Waals surface area contributed by atoms with Gasteiger partial charge in [-0.05, 0) is 50.2 Å². The maximum Gasteiger partial charge on any atom is 0.338 e. The molecule has 31 heavy (non-hydrogen) atoms. The van der Waals surface area contributed by atoms with Gasteiger partial charge in [0.15, 0.2) is 5.78 Å². The molecule has 0 aliphatic carbocycles. The van der Waals surface area contributed by atoms with Crippen LogP contribution in [-0.4, -0.2) is 45.4 Å². The molecule has 1 aliphatic heterocycles. The van der Waals surface area contributed by atoms with Gasteiger partial charge in [-0.15, -0.1) is 11.3 Å². The number of nitrogens with zero attached hydrogens (tertiary/aromatic N) is 3. The molecule has 1 aromatic carbocycles. The number of carbonyl (C=O) groups excluding carboxylic acids is 2. The summed E-state index contributed by atoms with van der Waals surface area (Å²) in [5, 5.41) is 3.65. The first-order valence-corrected chi connectivity index (χ1v) is 11.1. The largest absolute Gasteiger partial charge is 0.338 e. The Bertz CT molecular complexity index is 1250. The van der Waals surface area contributed by atoms with Crippen molar-refractivity contribution in [2.75, 3.05) is 19.6 Å². The summed E-state index contributed by atoms with van der Waals surface area (Å²) < 4.78 is 15.2. The number of rotatable bonds is 5. The van der Waals surface area contributed by atoms with Crippen LogP contribution in [0.25, 0.3) is 10.9 Å². The van der Waals surface area contributed by atoms with E-state index in [4.69, 9.17) is 0 Å². The summed E-state index contributed by atoms with van der Waals surface area (Å²) in [7, 11) is 0. The minimum atomic E-state index is -0.621. The van der Waals surface area contributed by atoms with Crippen LogP contribution in [0.15, 0.2) is 44.6 Å². The summed E-state index contributed by atoms with van der Waals surface area (Å²) in [4.78, 5) is 52.2. The number of benzene rings is 1. The molecular formula is C22H22FN3O4S. The molecule has 1 saturated heterocycles. The molecule has 0 N–H and O–H groups in total. The maximum absolute atomic E-state index is 13.1. The first-order valence-electron chi connectivity index (χ1n) is 10.1. The quantitative estimate of drug-likeness (QED) is 0.567. The summed E-state index contributed by atoms with van der Waals surface area (Å²) in [6.45, 7) is 3.27. The number of ketones is 1. The second kappa shape index (κ2) is 8.68. The molecule has 0 spiro atoms. The molecule has 3 heterocycles. The lowest BCUT2D eigenvalue weighted by Gasteiger charge is -2.31. The zero-order valence-corrected chi connectivity index (χ0v) is 17.9. The number of thiophene rings is 1. The molecule has 162 valence electrons. The Morgan fingerprint density at radius 3 is 2.39 bits per heavy atom. The predicted octanol–water partition coefficient (Wildman–Crippen LogP) is 2.62. The van der Waals surface area contributed by atoms with Crippen molar-refractivity contribution >= 4 is 33.9 Å². The van der Waals surface area contributed by atoms with Crippen molar-refractivity contribution in [2.24, 2.45) is 5.92 Å². The Labute approximate surface area is 181 Å². The van der Waals surface area contributed by atoms with Gasteiger partial charge < -0.3 is 4.90 Å². The van der Waals surface area contributed by atoms with Gasteiger partial charge in [0.2, 0.25) is 5.91 Å². The van der Waals surface area contributed by atoms with Gasteiger partial charge in [-0.25, -0.2) is 13.8 Å². The third-order valence-electron chi connectivity index (χ3n) is 5.82. The highest BCUT2D eigenvalue weighted by Crippen LogP contribution is 2.22. The lowest BCUT2D eigenvalue weighted by molar-refractivity contribution is 0.0837. The van der Waals surface area contributed by atoms with E-state index in [1.807, 2.05) is 0 Å². The Morgan fingerprint density at radius 2 is 1.74 bits per heavy atom. The number of Topliss-reactive ketones (excluding diaryl/α,β-unsaturated/α-hetero) is 1. The zero-order valence-electron chi connectivity index (χ0n) is 17.0. The monoisotopic (exact) mass is 443 g/mol. The Kier molecular flexibility index (Phi) is 5.97. The smallest absolute Gasteiger partial charge is 0.302 e. The Hall–Kier alpha value is -2.91. The van der Waals surface area contributed by atoms with Crippen molar-refractivity contribution in [3.63, 3.8) is 0 Å². The van der Waals surface area contributed by atoms with Crippen LogP contribution in [0.3, 0.4) is 0 Å². The fraction of sp³-hybridized carbons (Fsp3) is 0.364. The molecular weight excluding hydrogens is 421 g/mol. The molecule has 0 bridgehead atoms. The van der Waals surface area contributed by atoms with Crippen molar-refractivity contribution in [3.05, 3.63) is 67.2 Å². The van der Waals surface area contributed by atoms with E-state index in [1.54, 1.807) is 10.8 Å². The van der Waals surface area contributed by atoms with Gasteiger partial charge >= 0.3 is 5.69 Å². The van der Waals surface area contributed by atoms with Crippen LogP contribution in [-0.2, 0) is 6.54 Å². The van der Waals surface area contributed by atoms with Crippen molar-refractivity contribution in [2.45, 2.75) is 26.3 Å². The minimum Gasteiger partial charge on any atom is -0.302 e. The Morgan fingerprint density at radius 1 is 1.06 bits per heavy atom. The van der Waals surface area contributed by atoms with Crippen molar-refractivity contribution in [1.82, 2.24) is 14.0 Å². The third kappa shape index (κ3) is 4.15. The van der Waals surface area contributed by atoms with E-state index >= 15 is 0 Å². The standard InChI is InChI=1S/C22H22FN3O4S/c1-14(27)26-19-13-31-12-18(19)21(29)25(22(26)30)11-10-24-8-6-16(7-9-24)20(28)15-2-4-17(23)5-3-15/h2-5,12-13,16H,6-11H2,1H3. The van der Waals surface area contributed by atoms with Gasteiger partial charge in [0, 0.05) is 42.3 Å². The summed E-state index contributed by atoms with van der Waals surface area (Å²) in [6, 6.07) is 5.60. The number of hydrogen-bond donors (Lipinski definition) is 0. The van der Waals surface area contributed by atoms with Crippen LogP contribution in [0.1, 0.15) is 34.9 Å². The fourth-order valence-electron chi connectivity index (χ4n) is 4.09. The number of piperidine rings is 1. The molecule has 0 amide bonds. The first-order chi connectivity index (χ1) is 14.9. The van der Waals surface area contributed by atoms with E-state index in [-0.39, 0.29) is 29.6 Å². The van der Waals surface area contributed by atoms with Crippen LogP contribution in [0.4, 0.5) is 4.39 Å². The topological polar surface area (TPSA) is 81.4 Å². The molecule has 1 fully saturated rings. The fourth-order valence-corrected chi connectivity index (χ4v) is 4.88. The van der Waals surface area contributed by atoms with Gasteiger partial charge in [0.05, 0.1) is 10.9 Å². The number of aromatic nitrogens is 2. The highest BCUT2D eigenvalue weighted by atomic mass is 32.1. The second-order valence-corrected chi connectivity index (χ2v) is 8.50. The molecule has 1 aliphatic rings. The second-order valence-electron chi connectivity index (χ2n) is 7.75. The SMILES string of the molecule is CC(=O)n1c(=O)n(CCN2CCC(C(=O)c3ccc(F)cc3)CC2)c(=O)c2cscc21. The maximum atomic E-state index is 13.1. The van der Waals surface area contributed by atoms with Crippen LogP contribution in [0, 0.1) is 11.7 Å². The highest BCUT2D eigenvalue weighted by Gasteiger charge is 2.26. The van der Waals surface area contributed by atoms with E-state index in [0.717, 1.165) is 9.13 Å². The molecule has 0 saturated carbocycles. The van der Waals surface area contributed by atoms with E-state index in [0.29, 0.717) is 48.9 Å². The molecule has 0 unspecified atom stereocenters. The molecule has 0 radical (unpaired) electrons. The highest BCUT2D eigenvalue weighted by molar-refractivity contribution is 7.09. The van der Waals surface area contributed by atoms with Crippen LogP contribution < -0.4 is 11.2 Å². The van der Waals surface area contributed by atoms with E-state index < -0.39 is 11.6 Å². The molecule has 4 rings (SSSR count). The Balaban J connectivity index is 1.43. The molecule has 9 heteroatoms. The normalized spacial score (nSPS) is 15.4. The average Bonchev–Trinajstić information content (AvgIpc) is 3.23. The zero-order chi connectivity index (χ0) is 22.1. The average molecular weight is 444 g/mol. The predicted molar refractivity (Wildman–Crippen MR) is 117 cm³/mol. The lowest BCUT2D eigenvalue weighted by atomic mass is 9.89. The number of hydrogen-bond acceptors (Lipinski definition) is 6. The van der Waals surface area contributed by atoms with Crippen molar-refractivity contribution < 1.29 is 14.0 Å². The molecule has 2 aromatic heterocycles. The van der Waals surface area contributed by atoms with Crippen molar-refractivity contribution in [1.29, 1.82) is 0 Å². The lowest BCUT2D eigenvalue weighted by Crippen LogP contribution is -2.45. The summed E-state index contributed by atoms with van der Waals surface area (Å²) in [6.07, 6.45) is 1.32. The van der Waals surface area contributed by atoms with Crippen LogP contribution in [0.5, 0.6) is 0 Å². The minimum absolute atomic E-state index is 0.0168. The number of carbonyl (C=O) groups is 2. The van der Waals surface area contributed by atoms with Crippen molar-refractivity contribution in [3.8, 4) is 0 Å². The molecule has 0 atom stereocenters. The van der Waals surface area contributed by atoms with E-state index in [9.17, 15) is 23.6 Å².